The first-order valence-electron chi connectivity index (χ1n) is 8.29. The molecule has 108 valence electrons. The fraction of sp³-hybridized carbons (Fsp3) is 0.667. The minimum absolute atomic E-state index is 0.433. The molecule has 2 bridgehead atoms. The van der Waals surface area contributed by atoms with Crippen LogP contribution in [0.4, 0.5) is 0 Å². The number of hydrogen-bond acceptors (Lipinski definition) is 1. The van der Waals surface area contributed by atoms with Gasteiger partial charge in [-0.25, -0.2) is 0 Å². The minimum Gasteiger partial charge on any atom is -0.297 e. The quantitative estimate of drug-likeness (QED) is 0.732. The molecule has 1 aromatic carbocycles. The zero-order chi connectivity index (χ0) is 13.5. The maximum atomic E-state index is 6.41. The molecular formula is C18H24ClN. The molecule has 0 N–H and O–H groups in total. The molecule has 0 spiro atoms. The minimum atomic E-state index is 0.433. The van der Waals surface area contributed by atoms with Crippen molar-refractivity contribution < 1.29 is 0 Å². The lowest BCUT2D eigenvalue weighted by molar-refractivity contribution is 0.130. The smallest absolute Gasteiger partial charge is 0.0365 e. The van der Waals surface area contributed by atoms with E-state index in [1.807, 2.05) is 0 Å². The summed E-state index contributed by atoms with van der Waals surface area (Å²) in [5.41, 5.74) is 3.23. The second-order valence-electron chi connectivity index (χ2n) is 6.94. The molecule has 2 aliphatic heterocycles. The molecular weight excluding hydrogens is 266 g/mol. The molecule has 2 heterocycles. The van der Waals surface area contributed by atoms with Gasteiger partial charge in [0, 0.05) is 24.0 Å². The summed E-state index contributed by atoms with van der Waals surface area (Å²) < 4.78 is 0. The lowest BCUT2D eigenvalue weighted by Crippen LogP contribution is -2.45. The van der Waals surface area contributed by atoms with Gasteiger partial charge in [0.05, 0.1) is 0 Å². The normalized spacial score (nSPS) is 36.9. The number of benzene rings is 1. The van der Waals surface area contributed by atoms with Crippen LogP contribution in [-0.2, 0) is 6.42 Å². The predicted molar refractivity (Wildman–Crippen MR) is 84.5 cm³/mol. The monoisotopic (exact) mass is 289 g/mol. The number of nitrogens with zero attached hydrogens (tertiary/aromatic N) is 1. The molecule has 3 aliphatic rings. The summed E-state index contributed by atoms with van der Waals surface area (Å²) in [4.78, 5) is 2.81. The van der Waals surface area contributed by atoms with E-state index in [0.29, 0.717) is 5.38 Å². The fourth-order valence-electron chi connectivity index (χ4n) is 4.80. The van der Waals surface area contributed by atoms with E-state index in [4.69, 9.17) is 11.6 Å². The molecule has 2 heteroatoms. The molecule has 2 saturated heterocycles. The van der Waals surface area contributed by atoms with Crippen LogP contribution in [0, 0.1) is 0 Å². The van der Waals surface area contributed by atoms with E-state index in [-0.39, 0.29) is 0 Å². The van der Waals surface area contributed by atoms with Crippen LogP contribution in [0.15, 0.2) is 24.3 Å². The van der Waals surface area contributed by atoms with E-state index in [1.165, 1.54) is 51.5 Å². The predicted octanol–water partition coefficient (Wildman–Crippen LogP) is 4.34. The van der Waals surface area contributed by atoms with Crippen molar-refractivity contribution in [3.63, 3.8) is 0 Å². The second kappa shape index (κ2) is 5.35. The van der Waals surface area contributed by atoms with Gasteiger partial charge < -0.3 is 0 Å². The van der Waals surface area contributed by atoms with Crippen molar-refractivity contribution in [1.29, 1.82) is 0 Å². The fourth-order valence-corrected chi connectivity index (χ4v) is 5.22. The van der Waals surface area contributed by atoms with E-state index in [0.717, 1.165) is 18.0 Å². The van der Waals surface area contributed by atoms with E-state index in [9.17, 15) is 0 Å². The summed E-state index contributed by atoms with van der Waals surface area (Å²) in [7, 11) is 0. The van der Waals surface area contributed by atoms with E-state index in [1.54, 1.807) is 11.1 Å². The summed E-state index contributed by atoms with van der Waals surface area (Å²) in [6.45, 7) is 1.27. The number of alkyl halides is 1. The first-order valence-corrected chi connectivity index (χ1v) is 8.72. The maximum absolute atomic E-state index is 6.41. The van der Waals surface area contributed by atoms with Crippen LogP contribution in [0.25, 0.3) is 0 Å². The third-order valence-electron chi connectivity index (χ3n) is 5.75. The van der Waals surface area contributed by atoms with Crippen LogP contribution in [0.3, 0.4) is 0 Å². The molecule has 3 unspecified atom stereocenters. The highest BCUT2D eigenvalue weighted by Crippen LogP contribution is 2.41. The van der Waals surface area contributed by atoms with Crippen LogP contribution >= 0.6 is 11.6 Å². The number of hydrogen-bond donors (Lipinski definition) is 0. The van der Waals surface area contributed by atoms with Crippen molar-refractivity contribution in [2.75, 3.05) is 6.54 Å². The number of aryl methyl sites for hydroxylation is 1. The molecule has 1 nitrogen and oxygen atoms in total. The number of piperidine rings is 1. The Labute approximate surface area is 127 Å². The molecule has 2 fully saturated rings. The molecule has 0 amide bonds. The molecule has 0 aromatic heterocycles. The van der Waals surface area contributed by atoms with Crippen LogP contribution < -0.4 is 0 Å². The van der Waals surface area contributed by atoms with Crippen LogP contribution in [-0.4, -0.2) is 28.9 Å². The average molecular weight is 290 g/mol. The maximum Gasteiger partial charge on any atom is 0.0365 e. The Bertz CT molecular complexity index is 472. The summed E-state index contributed by atoms with van der Waals surface area (Å²) >= 11 is 6.41. The Kier molecular flexibility index (Phi) is 3.52. The number of halogens is 1. The highest BCUT2D eigenvalue weighted by molar-refractivity contribution is 6.20. The standard InChI is InChI=1S/C18H24ClN/c19-15-10-16-8-9-17(11-15)20(16)12-14-6-3-5-13-4-1-2-7-18(13)14/h1-2,4,7,14-17H,3,5-6,8-12H2. The van der Waals surface area contributed by atoms with Crippen molar-refractivity contribution in [3.8, 4) is 0 Å². The third kappa shape index (κ3) is 2.29. The Morgan fingerprint density at radius 3 is 2.60 bits per heavy atom. The van der Waals surface area contributed by atoms with Crippen molar-refractivity contribution >= 4 is 11.6 Å². The van der Waals surface area contributed by atoms with Crippen molar-refractivity contribution in [3.05, 3.63) is 35.4 Å². The van der Waals surface area contributed by atoms with Gasteiger partial charge in [0.1, 0.15) is 0 Å². The molecule has 0 radical (unpaired) electrons. The van der Waals surface area contributed by atoms with E-state index >= 15 is 0 Å². The van der Waals surface area contributed by atoms with Crippen molar-refractivity contribution in [2.24, 2.45) is 0 Å². The Morgan fingerprint density at radius 1 is 1.05 bits per heavy atom. The molecule has 3 atom stereocenters. The molecule has 0 saturated carbocycles. The van der Waals surface area contributed by atoms with Gasteiger partial charge in [-0.1, -0.05) is 24.3 Å². The topological polar surface area (TPSA) is 3.24 Å². The lowest BCUT2D eigenvalue weighted by Gasteiger charge is -2.40. The van der Waals surface area contributed by atoms with E-state index in [2.05, 4.69) is 29.2 Å². The van der Waals surface area contributed by atoms with Crippen molar-refractivity contribution in [1.82, 2.24) is 4.90 Å². The van der Waals surface area contributed by atoms with Gasteiger partial charge >= 0.3 is 0 Å². The van der Waals surface area contributed by atoms with E-state index < -0.39 is 0 Å². The SMILES string of the molecule is ClC1CC2CCC(C1)N2CC1CCCc2ccccc21. The average Bonchev–Trinajstić information content (AvgIpc) is 2.70. The summed E-state index contributed by atoms with van der Waals surface area (Å²) in [5, 5.41) is 0.433. The van der Waals surface area contributed by atoms with Gasteiger partial charge in [0.25, 0.3) is 0 Å². The molecule has 1 aliphatic carbocycles. The van der Waals surface area contributed by atoms with Crippen molar-refractivity contribution in [2.45, 2.75) is 68.3 Å². The number of rotatable bonds is 2. The third-order valence-corrected chi connectivity index (χ3v) is 6.11. The van der Waals surface area contributed by atoms with Gasteiger partial charge in [-0.05, 0) is 62.0 Å². The first kappa shape index (κ1) is 13.2. The Balaban J connectivity index is 1.53. The second-order valence-corrected chi connectivity index (χ2v) is 7.56. The van der Waals surface area contributed by atoms with Crippen LogP contribution in [0.1, 0.15) is 55.6 Å². The van der Waals surface area contributed by atoms with Gasteiger partial charge in [-0.15, -0.1) is 11.6 Å². The summed E-state index contributed by atoms with van der Waals surface area (Å²) in [6.07, 6.45) is 9.20. The highest BCUT2D eigenvalue weighted by Gasteiger charge is 2.41. The molecule has 4 rings (SSSR count). The number of fused-ring (bicyclic) bond motifs is 3. The first-order chi connectivity index (χ1) is 9.81. The highest BCUT2D eigenvalue weighted by atomic mass is 35.5. The molecule has 1 aromatic rings. The van der Waals surface area contributed by atoms with Crippen LogP contribution in [0.2, 0.25) is 0 Å². The van der Waals surface area contributed by atoms with Gasteiger partial charge in [0.2, 0.25) is 0 Å². The zero-order valence-electron chi connectivity index (χ0n) is 12.1. The molecule has 20 heavy (non-hydrogen) atoms. The summed E-state index contributed by atoms with van der Waals surface area (Å²) in [5.74, 6) is 0.759. The zero-order valence-corrected chi connectivity index (χ0v) is 12.9. The Hall–Kier alpha value is -0.530. The van der Waals surface area contributed by atoms with Gasteiger partial charge in [-0.2, -0.15) is 0 Å². The van der Waals surface area contributed by atoms with Gasteiger partial charge in [0.15, 0.2) is 0 Å². The van der Waals surface area contributed by atoms with Crippen LogP contribution in [0.5, 0.6) is 0 Å². The van der Waals surface area contributed by atoms with Gasteiger partial charge in [-0.3, -0.25) is 4.90 Å². The summed E-state index contributed by atoms with van der Waals surface area (Å²) in [6, 6.07) is 10.7. The Morgan fingerprint density at radius 2 is 1.80 bits per heavy atom. The lowest BCUT2D eigenvalue weighted by atomic mass is 9.82. The largest absolute Gasteiger partial charge is 0.297 e.